The number of H-pyrrole nitrogens is 1. The van der Waals surface area contributed by atoms with Crippen molar-refractivity contribution < 1.29 is 17.9 Å². The van der Waals surface area contributed by atoms with Gasteiger partial charge < -0.3 is 19.0 Å². The minimum atomic E-state index is -3.25. The molecule has 178 valence electrons. The SMILES string of the molecule is Cn1ccnc1COc1cc(OCc2ccc(S(C)(=O)=O)cc2)cc(-c2nc3ncccc3[nH]2)c1. The van der Waals surface area contributed by atoms with Crippen LogP contribution in [0.3, 0.4) is 0 Å². The molecular weight excluding hydrogens is 466 g/mol. The molecule has 0 aliphatic heterocycles. The van der Waals surface area contributed by atoms with E-state index in [-0.39, 0.29) is 11.5 Å². The molecule has 9 nitrogen and oxygen atoms in total. The van der Waals surface area contributed by atoms with E-state index in [0.29, 0.717) is 29.6 Å². The van der Waals surface area contributed by atoms with E-state index in [0.717, 1.165) is 22.5 Å². The molecule has 3 heterocycles. The molecule has 0 atom stereocenters. The first-order chi connectivity index (χ1) is 16.8. The molecule has 35 heavy (non-hydrogen) atoms. The Morgan fingerprint density at radius 3 is 2.34 bits per heavy atom. The van der Waals surface area contributed by atoms with Crippen molar-refractivity contribution >= 4 is 21.0 Å². The van der Waals surface area contributed by atoms with Gasteiger partial charge in [0.1, 0.15) is 36.4 Å². The Kier molecular flexibility index (Phi) is 5.96. The van der Waals surface area contributed by atoms with Gasteiger partial charge >= 0.3 is 0 Å². The zero-order valence-electron chi connectivity index (χ0n) is 19.2. The largest absolute Gasteiger partial charge is 0.489 e. The maximum atomic E-state index is 11.7. The van der Waals surface area contributed by atoms with Crippen LogP contribution in [0.1, 0.15) is 11.4 Å². The molecule has 0 aliphatic rings. The van der Waals surface area contributed by atoms with E-state index in [1.165, 1.54) is 6.26 Å². The molecule has 0 unspecified atom stereocenters. The van der Waals surface area contributed by atoms with Gasteiger partial charge in [0, 0.05) is 43.5 Å². The second kappa shape index (κ2) is 9.22. The molecule has 0 amide bonds. The highest BCUT2D eigenvalue weighted by atomic mass is 32.2. The quantitative estimate of drug-likeness (QED) is 0.352. The number of nitrogens with one attached hydrogen (secondary N) is 1. The highest BCUT2D eigenvalue weighted by molar-refractivity contribution is 7.90. The first-order valence-corrected chi connectivity index (χ1v) is 12.7. The molecule has 2 aromatic carbocycles. The number of nitrogens with zero attached hydrogens (tertiary/aromatic N) is 4. The van der Waals surface area contributed by atoms with E-state index in [4.69, 9.17) is 9.47 Å². The number of aryl methyl sites for hydroxylation is 1. The monoisotopic (exact) mass is 489 g/mol. The average Bonchev–Trinajstić information content (AvgIpc) is 3.47. The molecule has 0 saturated carbocycles. The van der Waals surface area contributed by atoms with E-state index in [2.05, 4.69) is 19.9 Å². The topological polar surface area (TPSA) is 112 Å². The predicted molar refractivity (Wildman–Crippen MR) is 131 cm³/mol. The lowest BCUT2D eigenvalue weighted by atomic mass is 10.2. The van der Waals surface area contributed by atoms with Crippen molar-refractivity contribution in [1.29, 1.82) is 0 Å². The van der Waals surface area contributed by atoms with Crippen molar-refractivity contribution in [3.63, 3.8) is 0 Å². The highest BCUT2D eigenvalue weighted by Crippen LogP contribution is 2.30. The van der Waals surface area contributed by atoms with Crippen LogP contribution in [0.2, 0.25) is 0 Å². The number of hydrogen-bond acceptors (Lipinski definition) is 7. The van der Waals surface area contributed by atoms with Crippen LogP contribution in [0, 0.1) is 0 Å². The molecule has 0 fully saturated rings. The number of hydrogen-bond donors (Lipinski definition) is 1. The summed E-state index contributed by atoms with van der Waals surface area (Å²) in [6, 6.07) is 16.0. The second-order valence-electron chi connectivity index (χ2n) is 8.10. The lowest BCUT2D eigenvalue weighted by Gasteiger charge is -2.12. The number of pyridine rings is 1. The molecule has 0 aliphatic carbocycles. The van der Waals surface area contributed by atoms with Gasteiger partial charge in [-0.05, 0) is 42.0 Å². The minimum absolute atomic E-state index is 0.258. The number of rotatable bonds is 8. The van der Waals surface area contributed by atoms with Crippen LogP contribution < -0.4 is 9.47 Å². The van der Waals surface area contributed by atoms with Gasteiger partial charge in [-0.25, -0.2) is 23.4 Å². The lowest BCUT2D eigenvalue weighted by molar-refractivity contribution is 0.282. The van der Waals surface area contributed by atoms with Gasteiger partial charge in [-0.15, -0.1) is 0 Å². The van der Waals surface area contributed by atoms with Crippen molar-refractivity contribution in [3.8, 4) is 22.9 Å². The first kappa shape index (κ1) is 22.6. The Balaban J connectivity index is 1.42. The number of aromatic nitrogens is 5. The van der Waals surface area contributed by atoms with Crippen LogP contribution in [-0.2, 0) is 30.1 Å². The third-order valence-electron chi connectivity index (χ3n) is 5.46. The summed E-state index contributed by atoms with van der Waals surface area (Å²) in [6.45, 7) is 0.551. The van der Waals surface area contributed by atoms with E-state index in [1.54, 1.807) is 42.7 Å². The Morgan fingerprint density at radius 1 is 0.943 bits per heavy atom. The maximum absolute atomic E-state index is 11.7. The molecule has 0 spiro atoms. The minimum Gasteiger partial charge on any atom is -0.489 e. The van der Waals surface area contributed by atoms with E-state index < -0.39 is 9.84 Å². The molecule has 10 heteroatoms. The molecule has 5 aromatic rings. The summed E-state index contributed by atoms with van der Waals surface area (Å²) in [6.07, 6.45) is 6.47. The molecule has 3 aromatic heterocycles. The number of sulfone groups is 1. The van der Waals surface area contributed by atoms with Crippen LogP contribution in [0.4, 0.5) is 0 Å². The van der Waals surface area contributed by atoms with Gasteiger partial charge in [0.05, 0.1) is 10.4 Å². The number of ether oxygens (including phenoxy) is 2. The van der Waals surface area contributed by atoms with Crippen LogP contribution in [0.5, 0.6) is 11.5 Å². The van der Waals surface area contributed by atoms with E-state index in [1.807, 2.05) is 42.1 Å². The molecule has 1 N–H and O–H groups in total. The molecule has 5 rings (SSSR count). The maximum Gasteiger partial charge on any atom is 0.178 e. The highest BCUT2D eigenvalue weighted by Gasteiger charge is 2.12. The third kappa shape index (κ3) is 5.17. The fraction of sp³-hybridized carbons (Fsp3) is 0.160. The summed E-state index contributed by atoms with van der Waals surface area (Å²) in [5.74, 6) is 2.61. The van der Waals surface area contributed by atoms with E-state index in [9.17, 15) is 8.42 Å². The Morgan fingerprint density at radius 2 is 1.69 bits per heavy atom. The van der Waals surface area contributed by atoms with Crippen molar-refractivity contribution in [2.24, 2.45) is 7.05 Å². The Labute approximate surface area is 202 Å². The van der Waals surface area contributed by atoms with Gasteiger partial charge in [-0.1, -0.05) is 12.1 Å². The average molecular weight is 490 g/mol. The summed E-state index contributed by atoms with van der Waals surface area (Å²) in [5, 5.41) is 0. The summed E-state index contributed by atoms with van der Waals surface area (Å²) >= 11 is 0. The van der Waals surface area contributed by atoms with Crippen LogP contribution in [-0.4, -0.2) is 39.2 Å². The third-order valence-corrected chi connectivity index (χ3v) is 6.59. The first-order valence-electron chi connectivity index (χ1n) is 10.8. The zero-order valence-corrected chi connectivity index (χ0v) is 20.0. The summed E-state index contributed by atoms with van der Waals surface area (Å²) in [7, 11) is -1.34. The van der Waals surface area contributed by atoms with Gasteiger partial charge in [-0.2, -0.15) is 0 Å². The van der Waals surface area contributed by atoms with Crippen LogP contribution in [0.25, 0.3) is 22.6 Å². The van der Waals surface area contributed by atoms with Gasteiger partial charge in [0.25, 0.3) is 0 Å². The second-order valence-corrected chi connectivity index (χ2v) is 10.1. The normalized spacial score (nSPS) is 11.6. The van der Waals surface area contributed by atoms with Crippen molar-refractivity contribution in [2.75, 3.05) is 6.26 Å². The Hall–Kier alpha value is -4.18. The molecule has 0 radical (unpaired) electrons. The number of imidazole rings is 2. The van der Waals surface area contributed by atoms with Crippen LogP contribution >= 0.6 is 0 Å². The number of benzene rings is 2. The zero-order chi connectivity index (χ0) is 24.4. The fourth-order valence-corrected chi connectivity index (χ4v) is 4.17. The van der Waals surface area contributed by atoms with Crippen molar-refractivity contribution in [3.05, 3.63) is 84.6 Å². The van der Waals surface area contributed by atoms with Crippen molar-refractivity contribution in [2.45, 2.75) is 18.1 Å². The van der Waals surface area contributed by atoms with Gasteiger partial charge in [-0.3, -0.25) is 0 Å². The van der Waals surface area contributed by atoms with Crippen LogP contribution in [0.15, 0.2) is 78.1 Å². The summed E-state index contributed by atoms with van der Waals surface area (Å²) < 4.78 is 37.4. The summed E-state index contributed by atoms with van der Waals surface area (Å²) in [5.41, 5.74) is 3.07. The Bertz CT molecular complexity index is 1560. The molecule has 0 saturated heterocycles. The standard InChI is InChI=1S/C25H23N5O4S/c1-30-11-10-26-23(30)16-34-20-13-18(24-28-22-4-3-9-27-25(22)29-24)12-19(14-20)33-15-17-5-7-21(8-6-17)35(2,31)32/h3-14H,15-16H2,1-2H3,(H,27,28,29). The smallest absolute Gasteiger partial charge is 0.178 e. The number of fused-ring (bicyclic) bond motifs is 1. The predicted octanol–water partition coefficient (Wildman–Crippen LogP) is 3.92. The van der Waals surface area contributed by atoms with E-state index >= 15 is 0 Å². The number of aromatic amines is 1. The summed E-state index contributed by atoms with van der Waals surface area (Å²) in [4.78, 5) is 16.7. The molecule has 0 bridgehead atoms. The van der Waals surface area contributed by atoms with Crippen molar-refractivity contribution in [1.82, 2.24) is 24.5 Å². The molecular formula is C25H23N5O4S. The van der Waals surface area contributed by atoms with Gasteiger partial charge in [0.15, 0.2) is 15.5 Å². The lowest BCUT2D eigenvalue weighted by Crippen LogP contribution is -2.03. The fourth-order valence-electron chi connectivity index (χ4n) is 3.54. The van der Waals surface area contributed by atoms with Gasteiger partial charge in [0.2, 0.25) is 0 Å².